The molecule has 2 rings (SSSR count). The van der Waals surface area contributed by atoms with E-state index in [2.05, 4.69) is 15.4 Å². The fraction of sp³-hybridized carbons (Fsp3) is 0.350. The van der Waals surface area contributed by atoms with Gasteiger partial charge in [-0.2, -0.15) is 0 Å². The molecule has 0 bridgehead atoms. The first-order valence-corrected chi connectivity index (χ1v) is 10.2. The van der Waals surface area contributed by atoms with E-state index in [1.807, 2.05) is 24.4 Å². The molecule has 3 N–H and O–H groups in total. The first-order chi connectivity index (χ1) is 13.9. The van der Waals surface area contributed by atoms with Gasteiger partial charge in [0, 0.05) is 4.88 Å². The van der Waals surface area contributed by atoms with E-state index in [0.717, 1.165) is 10.4 Å². The predicted octanol–water partition coefficient (Wildman–Crippen LogP) is 1.27. The predicted molar refractivity (Wildman–Crippen MR) is 107 cm³/mol. The van der Waals surface area contributed by atoms with Gasteiger partial charge in [0.25, 0.3) is 11.8 Å². The molecule has 3 amide bonds. The summed E-state index contributed by atoms with van der Waals surface area (Å²) in [5, 5.41) is 6.99. The topological polar surface area (TPSA) is 88.9 Å². The summed E-state index contributed by atoms with van der Waals surface area (Å²) < 4.78 is 17.9. The molecule has 1 aromatic carbocycles. The number of halogens is 1. The number of quaternary nitrogens is 1. The zero-order valence-electron chi connectivity index (χ0n) is 16.4. The number of thiophene rings is 1. The number of nitrogens with one attached hydrogen (secondary N) is 3. The maximum Gasteiger partial charge on any atom is 0.414 e. The average Bonchev–Trinajstić information content (AvgIpc) is 3.21. The first kappa shape index (κ1) is 22.5. The molecule has 0 aliphatic carbocycles. The molecule has 7 nitrogen and oxygen atoms in total. The average molecular weight is 423 g/mol. The summed E-state index contributed by atoms with van der Waals surface area (Å²) >= 11 is 1.49. The Kier molecular flexibility index (Phi) is 8.75. The Bertz CT molecular complexity index is 812. The van der Waals surface area contributed by atoms with Crippen molar-refractivity contribution in [2.45, 2.75) is 19.9 Å². The van der Waals surface area contributed by atoms with Crippen LogP contribution in [-0.2, 0) is 14.3 Å². The highest BCUT2D eigenvalue weighted by atomic mass is 32.1. The van der Waals surface area contributed by atoms with Crippen molar-refractivity contribution >= 4 is 29.2 Å². The first-order valence-electron chi connectivity index (χ1n) is 9.31. The van der Waals surface area contributed by atoms with Gasteiger partial charge >= 0.3 is 6.09 Å². The summed E-state index contributed by atoms with van der Waals surface area (Å²) in [7, 11) is 0. The van der Waals surface area contributed by atoms with Crippen LogP contribution >= 0.6 is 11.3 Å². The van der Waals surface area contributed by atoms with Crippen LogP contribution in [0.1, 0.15) is 30.3 Å². The van der Waals surface area contributed by atoms with Crippen LogP contribution in [0.15, 0.2) is 41.8 Å². The van der Waals surface area contributed by atoms with Crippen molar-refractivity contribution in [3.63, 3.8) is 0 Å². The number of alkyl carbamates (subject to hydrolysis) is 1. The second kappa shape index (κ2) is 11.3. The van der Waals surface area contributed by atoms with Crippen LogP contribution in [0.5, 0.6) is 0 Å². The third-order valence-corrected chi connectivity index (χ3v) is 5.11. The lowest BCUT2D eigenvalue weighted by Gasteiger charge is -2.21. The molecule has 1 unspecified atom stereocenters. The van der Waals surface area contributed by atoms with Crippen molar-refractivity contribution in [1.29, 1.82) is 0 Å². The van der Waals surface area contributed by atoms with Crippen LogP contribution < -0.4 is 15.5 Å². The minimum Gasteiger partial charge on any atom is -0.450 e. The summed E-state index contributed by atoms with van der Waals surface area (Å²) in [6.07, 6.45) is -0.800. The van der Waals surface area contributed by atoms with Crippen LogP contribution in [0.25, 0.3) is 0 Å². The van der Waals surface area contributed by atoms with E-state index in [9.17, 15) is 18.8 Å². The molecule has 0 fully saturated rings. The highest BCUT2D eigenvalue weighted by Crippen LogP contribution is 2.26. The van der Waals surface area contributed by atoms with Crippen molar-refractivity contribution in [3.05, 3.63) is 58.0 Å². The summed E-state index contributed by atoms with van der Waals surface area (Å²) in [4.78, 5) is 37.5. The second-order valence-electron chi connectivity index (χ2n) is 6.29. The maximum absolute atomic E-state index is 13.3. The van der Waals surface area contributed by atoms with Crippen LogP contribution in [0.3, 0.4) is 0 Å². The quantitative estimate of drug-likeness (QED) is 0.568. The van der Waals surface area contributed by atoms with E-state index in [0.29, 0.717) is 11.4 Å². The van der Waals surface area contributed by atoms with E-state index >= 15 is 0 Å². The molecular formula is C20H25FN3O4S+. The van der Waals surface area contributed by atoms with Gasteiger partial charge in [-0.05, 0) is 43.0 Å². The van der Waals surface area contributed by atoms with E-state index in [1.54, 1.807) is 19.1 Å². The Labute approximate surface area is 172 Å². The Balaban J connectivity index is 2.00. The zero-order chi connectivity index (χ0) is 21.2. The Morgan fingerprint density at radius 3 is 2.38 bits per heavy atom. The molecule has 1 aromatic heterocycles. The molecule has 1 heterocycles. The van der Waals surface area contributed by atoms with Crippen molar-refractivity contribution in [3.8, 4) is 0 Å². The monoisotopic (exact) mass is 422 g/mol. The third-order valence-electron chi connectivity index (χ3n) is 4.17. The molecule has 0 aliphatic rings. The van der Waals surface area contributed by atoms with Crippen LogP contribution in [0.2, 0.25) is 0 Å². The highest BCUT2D eigenvalue weighted by molar-refractivity contribution is 7.10. The molecule has 0 saturated carbocycles. The third kappa shape index (κ3) is 7.28. The molecule has 9 heteroatoms. The molecule has 0 spiro atoms. The SMILES string of the molecule is CCOC(=O)NC(=O)C[NH+](CC)CC(=O)N[C@@H](c1ccc(F)cc1)c1cccs1. The largest absolute Gasteiger partial charge is 0.450 e. The molecule has 0 saturated heterocycles. The molecular weight excluding hydrogens is 397 g/mol. The van der Waals surface area contributed by atoms with E-state index in [1.165, 1.54) is 23.5 Å². The van der Waals surface area contributed by atoms with Crippen molar-refractivity contribution in [2.24, 2.45) is 0 Å². The highest BCUT2D eigenvalue weighted by Gasteiger charge is 2.22. The summed E-state index contributed by atoms with van der Waals surface area (Å²) in [6, 6.07) is 9.35. The molecule has 2 atom stereocenters. The van der Waals surface area contributed by atoms with Crippen molar-refractivity contribution in [2.75, 3.05) is 26.2 Å². The van der Waals surface area contributed by atoms with Gasteiger partial charge in [-0.25, -0.2) is 9.18 Å². The molecule has 0 radical (unpaired) electrons. The number of amides is 3. The summed E-state index contributed by atoms with van der Waals surface area (Å²) in [5.41, 5.74) is 0.764. The lowest BCUT2D eigenvalue weighted by molar-refractivity contribution is -0.881. The number of hydrogen-bond donors (Lipinski definition) is 3. The van der Waals surface area contributed by atoms with Crippen LogP contribution in [0.4, 0.5) is 9.18 Å². The number of hydrogen-bond acceptors (Lipinski definition) is 5. The second-order valence-corrected chi connectivity index (χ2v) is 7.27. The zero-order valence-corrected chi connectivity index (χ0v) is 17.2. The van der Waals surface area contributed by atoms with Gasteiger partial charge in [-0.15, -0.1) is 11.3 Å². The maximum atomic E-state index is 13.3. The van der Waals surface area contributed by atoms with Gasteiger partial charge < -0.3 is 15.0 Å². The van der Waals surface area contributed by atoms with Crippen molar-refractivity contribution in [1.82, 2.24) is 10.6 Å². The Hall–Kier alpha value is -2.78. The number of rotatable bonds is 9. The lowest BCUT2D eigenvalue weighted by Crippen LogP contribution is -3.14. The summed E-state index contributed by atoms with van der Waals surface area (Å²) in [5.74, 6) is -1.12. The fourth-order valence-electron chi connectivity index (χ4n) is 2.73. The number of carbonyl (C=O) groups is 3. The van der Waals surface area contributed by atoms with Gasteiger partial charge in [0.05, 0.1) is 19.2 Å². The minimum absolute atomic E-state index is 0.0387. The Morgan fingerprint density at radius 1 is 1.10 bits per heavy atom. The standard InChI is InChI=1S/C20H24FN3O4S/c1-3-24(13-18(26)23-20(27)28-4-2)12-17(25)22-19(16-6-5-11-29-16)14-7-9-15(21)10-8-14/h5-11,19H,3-4,12-13H2,1-2H3,(H,22,25)(H,23,26,27)/p+1/t19-/m0/s1. The molecule has 29 heavy (non-hydrogen) atoms. The molecule has 156 valence electrons. The number of benzene rings is 1. The van der Waals surface area contributed by atoms with Gasteiger partial charge in [0.1, 0.15) is 5.82 Å². The van der Waals surface area contributed by atoms with Crippen molar-refractivity contribution < 1.29 is 28.4 Å². The normalized spacial score (nSPS) is 12.7. The number of ether oxygens (including phenoxy) is 1. The number of carbonyl (C=O) groups excluding carboxylic acids is 3. The molecule has 0 aliphatic heterocycles. The van der Waals surface area contributed by atoms with Crippen LogP contribution in [-0.4, -0.2) is 44.1 Å². The number of likely N-dealkylation sites (N-methyl/N-ethyl adjacent to an activating group) is 1. The molecule has 2 aromatic rings. The lowest BCUT2D eigenvalue weighted by atomic mass is 10.1. The van der Waals surface area contributed by atoms with E-state index in [4.69, 9.17) is 0 Å². The number of imide groups is 1. The van der Waals surface area contributed by atoms with E-state index < -0.39 is 18.0 Å². The van der Waals surface area contributed by atoms with Gasteiger partial charge in [-0.1, -0.05) is 18.2 Å². The van der Waals surface area contributed by atoms with Gasteiger partial charge in [0.2, 0.25) is 0 Å². The minimum atomic E-state index is -0.800. The fourth-order valence-corrected chi connectivity index (χ4v) is 3.54. The van der Waals surface area contributed by atoms with Crippen LogP contribution in [0, 0.1) is 5.82 Å². The van der Waals surface area contributed by atoms with Gasteiger partial charge in [0.15, 0.2) is 13.1 Å². The summed E-state index contributed by atoms with van der Waals surface area (Å²) in [6.45, 7) is 4.18. The Morgan fingerprint density at radius 2 is 1.79 bits per heavy atom. The van der Waals surface area contributed by atoms with Gasteiger partial charge in [-0.3, -0.25) is 14.9 Å². The van der Waals surface area contributed by atoms with E-state index in [-0.39, 0.29) is 31.4 Å². The smallest absolute Gasteiger partial charge is 0.414 e.